The van der Waals surface area contributed by atoms with Gasteiger partial charge in [-0.3, -0.25) is 14.5 Å². The highest BCUT2D eigenvalue weighted by Gasteiger charge is 2.55. The van der Waals surface area contributed by atoms with Crippen molar-refractivity contribution in [2.45, 2.75) is 64.0 Å². The maximum Gasteiger partial charge on any atom is 0.261 e. The number of carbonyl (C=O) groups excluding carboxylic acids is 2. The van der Waals surface area contributed by atoms with Crippen LogP contribution in [-0.4, -0.2) is 33.0 Å². The largest absolute Gasteiger partial charge is 0.380 e. The molecule has 1 aliphatic carbocycles. The van der Waals surface area contributed by atoms with Gasteiger partial charge < -0.3 is 5.11 Å². The third kappa shape index (κ3) is 1.88. The zero-order valence-electron chi connectivity index (χ0n) is 10.8. The van der Waals surface area contributed by atoms with Crippen molar-refractivity contribution in [1.82, 2.24) is 4.90 Å². The number of hydrogen-bond donors (Lipinski definition) is 1. The molecule has 1 heterocycles. The zero-order valence-corrected chi connectivity index (χ0v) is 10.8. The van der Waals surface area contributed by atoms with E-state index in [2.05, 4.69) is 0 Å². The van der Waals surface area contributed by atoms with Crippen LogP contribution in [0.25, 0.3) is 0 Å². The lowest BCUT2D eigenvalue weighted by Crippen LogP contribution is -2.65. The molecule has 0 aromatic carbocycles. The van der Waals surface area contributed by atoms with Crippen LogP contribution < -0.4 is 0 Å². The highest BCUT2D eigenvalue weighted by Crippen LogP contribution is 2.42. The molecule has 2 rings (SSSR count). The molecule has 1 saturated carbocycles. The van der Waals surface area contributed by atoms with Crippen molar-refractivity contribution in [2.75, 3.05) is 0 Å². The third-order valence-corrected chi connectivity index (χ3v) is 3.95. The Morgan fingerprint density at radius 1 is 1.29 bits per heavy atom. The zero-order chi connectivity index (χ0) is 12.8. The van der Waals surface area contributed by atoms with E-state index in [9.17, 15) is 14.7 Å². The molecule has 1 saturated heterocycles. The number of amides is 2. The van der Waals surface area contributed by atoms with Crippen molar-refractivity contribution in [2.24, 2.45) is 5.92 Å². The molecule has 4 heteroatoms. The highest BCUT2D eigenvalue weighted by molar-refractivity contribution is 6.03. The molecule has 2 aliphatic rings. The number of aliphatic hydroxyl groups is 1. The van der Waals surface area contributed by atoms with Crippen molar-refractivity contribution in [3.8, 4) is 0 Å². The Morgan fingerprint density at radius 2 is 1.94 bits per heavy atom. The van der Waals surface area contributed by atoms with E-state index in [1.54, 1.807) is 0 Å². The van der Waals surface area contributed by atoms with Crippen LogP contribution in [0.2, 0.25) is 0 Å². The molecule has 0 spiro atoms. The van der Waals surface area contributed by atoms with Crippen LogP contribution in [0.4, 0.5) is 0 Å². The van der Waals surface area contributed by atoms with Crippen molar-refractivity contribution >= 4 is 11.8 Å². The SMILES string of the molecule is CC(C)(C)N1C(=O)C[C@H]2CCCC[C@@]2(O)C1=O. The minimum absolute atomic E-state index is 0.140. The molecule has 96 valence electrons. The molecule has 0 unspecified atom stereocenters. The molecule has 0 bridgehead atoms. The van der Waals surface area contributed by atoms with E-state index < -0.39 is 11.1 Å². The Morgan fingerprint density at radius 3 is 2.53 bits per heavy atom. The van der Waals surface area contributed by atoms with Gasteiger partial charge >= 0.3 is 0 Å². The summed E-state index contributed by atoms with van der Waals surface area (Å²) in [5.41, 5.74) is -1.84. The lowest BCUT2D eigenvalue weighted by atomic mass is 9.70. The molecule has 2 amide bonds. The van der Waals surface area contributed by atoms with Crippen molar-refractivity contribution in [1.29, 1.82) is 0 Å². The normalized spacial score (nSPS) is 34.8. The lowest BCUT2D eigenvalue weighted by molar-refractivity contribution is -0.183. The van der Waals surface area contributed by atoms with E-state index in [0.717, 1.165) is 19.3 Å². The number of imide groups is 1. The average molecular weight is 239 g/mol. The van der Waals surface area contributed by atoms with Crippen LogP contribution in [0, 0.1) is 5.92 Å². The number of rotatable bonds is 0. The Kier molecular flexibility index (Phi) is 2.81. The number of carbonyl (C=O) groups is 2. The fraction of sp³-hybridized carbons (Fsp3) is 0.846. The van der Waals surface area contributed by atoms with Crippen LogP contribution in [0.1, 0.15) is 52.9 Å². The predicted octanol–water partition coefficient (Wildman–Crippen LogP) is 1.47. The molecular weight excluding hydrogens is 218 g/mol. The molecule has 2 atom stereocenters. The van der Waals surface area contributed by atoms with E-state index in [4.69, 9.17) is 0 Å². The average Bonchev–Trinajstić information content (AvgIpc) is 2.18. The van der Waals surface area contributed by atoms with Crippen LogP contribution in [0.5, 0.6) is 0 Å². The third-order valence-electron chi connectivity index (χ3n) is 3.95. The highest BCUT2D eigenvalue weighted by atomic mass is 16.3. The van der Waals surface area contributed by atoms with Gasteiger partial charge in [0.25, 0.3) is 5.91 Å². The number of hydrogen-bond acceptors (Lipinski definition) is 3. The quantitative estimate of drug-likeness (QED) is 0.651. The van der Waals surface area contributed by atoms with Gasteiger partial charge in [0.05, 0.1) is 0 Å². The summed E-state index contributed by atoms with van der Waals surface area (Å²) in [5, 5.41) is 10.6. The number of likely N-dealkylation sites (tertiary alicyclic amines) is 1. The van der Waals surface area contributed by atoms with Gasteiger partial charge in [0.1, 0.15) is 5.60 Å². The van der Waals surface area contributed by atoms with Crippen molar-refractivity contribution in [3.05, 3.63) is 0 Å². The molecule has 4 nitrogen and oxygen atoms in total. The van der Waals surface area contributed by atoms with Gasteiger partial charge in [-0.05, 0) is 33.6 Å². The summed E-state index contributed by atoms with van der Waals surface area (Å²) in [6.45, 7) is 5.49. The van der Waals surface area contributed by atoms with Gasteiger partial charge in [0.15, 0.2) is 0 Å². The summed E-state index contributed by atoms with van der Waals surface area (Å²) in [5.74, 6) is -0.695. The Bertz CT molecular complexity index is 358. The molecule has 0 aromatic heterocycles. The topological polar surface area (TPSA) is 57.6 Å². The first-order chi connectivity index (χ1) is 7.77. The van der Waals surface area contributed by atoms with E-state index in [-0.39, 0.29) is 17.7 Å². The Labute approximate surface area is 102 Å². The minimum Gasteiger partial charge on any atom is -0.380 e. The van der Waals surface area contributed by atoms with Crippen LogP contribution >= 0.6 is 0 Å². The minimum atomic E-state index is -1.29. The van der Waals surface area contributed by atoms with Crippen molar-refractivity contribution < 1.29 is 14.7 Å². The smallest absolute Gasteiger partial charge is 0.261 e. The number of fused-ring (bicyclic) bond motifs is 1. The van der Waals surface area contributed by atoms with E-state index in [0.29, 0.717) is 12.8 Å². The van der Waals surface area contributed by atoms with Gasteiger partial charge in [0.2, 0.25) is 5.91 Å². The summed E-state index contributed by atoms with van der Waals surface area (Å²) in [4.78, 5) is 25.7. The second kappa shape index (κ2) is 3.80. The fourth-order valence-electron chi connectivity index (χ4n) is 3.07. The number of piperidine rings is 1. The van der Waals surface area contributed by atoms with Gasteiger partial charge in [-0.2, -0.15) is 0 Å². The maximum absolute atomic E-state index is 12.4. The number of nitrogens with zero attached hydrogens (tertiary/aromatic N) is 1. The first kappa shape index (κ1) is 12.6. The summed E-state index contributed by atoms with van der Waals surface area (Å²) in [7, 11) is 0. The van der Waals surface area contributed by atoms with Crippen LogP contribution in [0.15, 0.2) is 0 Å². The maximum atomic E-state index is 12.4. The summed E-state index contributed by atoms with van der Waals surface area (Å²) < 4.78 is 0. The molecular formula is C13H21NO3. The molecule has 0 aromatic rings. The molecule has 0 radical (unpaired) electrons. The summed E-state index contributed by atoms with van der Waals surface area (Å²) in [6.07, 6.45) is 3.45. The van der Waals surface area contributed by atoms with Gasteiger partial charge in [-0.1, -0.05) is 12.8 Å². The molecule has 1 aliphatic heterocycles. The predicted molar refractivity (Wildman–Crippen MR) is 63.1 cm³/mol. The molecule has 2 fully saturated rings. The van der Waals surface area contributed by atoms with Crippen LogP contribution in [-0.2, 0) is 9.59 Å². The van der Waals surface area contributed by atoms with Gasteiger partial charge in [-0.15, -0.1) is 0 Å². The second-order valence-corrected chi connectivity index (χ2v) is 6.28. The molecule has 17 heavy (non-hydrogen) atoms. The molecule has 1 N–H and O–H groups in total. The van der Waals surface area contributed by atoms with Crippen LogP contribution in [0.3, 0.4) is 0 Å². The Hall–Kier alpha value is -0.900. The Balaban J connectivity index is 2.35. The van der Waals surface area contributed by atoms with E-state index in [1.807, 2.05) is 20.8 Å². The van der Waals surface area contributed by atoms with E-state index in [1.165, 1.54) is 4.90 Å². The van der Waals surface area contributed by atoms with E-state index >= 15 is 0 Å². The van der Waals surface area contributed by atoms with Crippen molar-refractivity contribution in [3.63, 3.8) is 0 Å². The van der Waals surface area contributed by atoms with Gasteiger partial charge in [0, 0.05) is 17.9 Å². The lowest BCUT2D eigenvalue weighted by Gasteiger charge is -2.49. The standard InChI is InChI=1S/C13H21NO3/c1-12(2,3)14-10(15)8-9-6-4-5-7-13(9,17)11(14)16/h9,17H,4-8H2,1-3H3/t9-,13+/m1/s1. The monoisotopic (exact) mass is 239 g/mol. The summed E-state index contributed by atoms with van der Waals surface area (Å²) in [6, 6.07) is 0. The summed E-state index contributed by atoms with van der Waals surface area (Å²) >= 11 is 0. The van der Waals surface area contributed by atoms with Gasteiger partial charge in [-0.25, -0.2) is 0 Å². The first-order valence-electron chi connectivity index (χ1n) is 6.36. The first-order valence-corrected chi connectivity index (χ1v) is 6.36. The fourth-order valence-corrected chi connectivity index (χ4v) is 3.07. The second-order valence-electron chi connectivity index (χ2n) is 6.28.